The summed E-state index contributed by atoms with van der Waals surface area (Å²) in [7, 11) is -1.63. The molecule has 0 aromatic rings. The Morgan fingerprint density at radius 1 is 1.32 bits per heavy atom. The molecule has 0 unspecified atom stereocenters. The summed E-state index contributed by atoms with van der Waals surface area (Å²) in [5.41, 5.74) is 0.649. The molecule has 3 saturated carbocycles. The lowest BCUT2D eigenvalue weighted by molar-refractivity contribution is -0.124. The summed E-state index contributed by atoms with van der Waals surface area (Å²) in [6.07, 6.45) is 4.88. The maximum Gasteiger partial charge on any atom is 0.191 e. The van der Waals surface area contributed by atoms with Gasteiger partial charge in [0.1, 0.15) is 5.78 Å². The Morgan fingerprint density at radius 3 is 2.55 bits per heavy atom. The molecule has 0 bridgehead atoms. The minimum Gasteiger partial charge on any atom is -0.417 e. The normalized spacial score (nSPS) is 43.6. The fourth-order valence-electron chi connectivity index (χ4n) is 5.69. The van der Waals surface area contributed by atoms with Crippen molar-refractivity contribution < 1.29 is 9.22 Å². The van der Waals surface area contributed by atoms with Crippen LogP contribution in [0.1, 0.15) is 60.3 Å². The number of fused-ring (bicyclic) bond motifs is 1. The smallest absolute Gasteiger partial charge is 0.191 e. The quantitative estimate of drug-likeness (QED) is 0.523. The first-order valence-electron chi connectivity index (χ1n) is 9.17. The molecule has 0 amide bonds. The number of carbonyl (C=O) groups is 1. The van der Waals surface area contributed by atoms with Crippen molar-refractivity contribution in [1.29, 1.82) is 0 Å². The predicted molar refractivity (Wildman–Crippen MR) is 93.3 cm³/mol. The average molecular weight is 323 g/mol. The Labute approximate surface area is 137 Å². The Hall–Kier alpha value is -0.153. The number of rotatable bonds is 5. The molecule has 2 nitrogen and oxygen atoms in total. The van der Waals surface area contributed by atoms with E-state index in [2.05, 4.69) is 47.7 Å². The summed E-state index contributed by atoms with van der Waals surface area (Å²) < 4.78 is 6.35. The van der Waals surface area contributed by atoms with E-state index in [1.165, 1.54) is 19.3 Å². The van der Waals surface area contributed by atoms with Crippen molar-refractivity contribution in [3.05, 3.63) is 0 Å². The van der Waals surface area contributed by atoms with Crippen LogP contribution in [-0.2, 0) is 9.22 Å². The van der Waals surface area contributed by atoms with Gasteiger partial charge in [-0.15, -0.1) is 0 Å². The number of hydrogen-bond acceptors (Lipinski definition) is 2. The van der Waals surface area contributed by atoms with Crippen LogP contribution in [0.3, 0.4) is 0 Å². The van der Waals surface area contributed by atoms with Crippen LogP contribution in [0.15, 0.2) is 0 Å². The van der Waals surface area contributed by atoms with Crippen LogP contribution in [0.25, 0.3) is 0 Å². The highest BCUT2D eigenvalue weighted by Crippen LogP contribution is 2.84. The van der Waals surface area contributed by atoms with Gasteiger partial charge in [0.25, 0.3) is 0 Å². The van der Waals surface area contributed by atoms with Crippen LogP contribution in [0, 0.1) is 28.6 Å². The van der Waals surface area contributed by atoms with Crippen LogP contribution in [0.2, 0.25) is 18.1 Å². The first-order valence-corrected chi connectivity index (χ1v) is 12.1. The molecule has 5 atom stereocenters. The number of Topliss-reactive ketones (excluding diaryl/α,β-unsaturated/α-hetero) is 1. The van der Waals surface area contributed by atoms with Gasteiger partial charge in [-0.2, -0.15) is 0 Å². The van der Waals surface area contributed by atoms with Crippen LogP contribution < -0.4 is 0 Å². The lowest BCUT2D eigenvalue weighted by Crippen LogP contribution is -2.41. The summed E-state index contributed by atoms with van der Waals surface area (Å²) in [5, 5.41) is 0.286. The molecule has 126 valence electrons. The lowest BCUT2D eigenvalue weighted by atomic mass is 9.67. The predicted octanol–water partition coefficient (Wildman–Crippen LogP) is 5.04. The molecule has 3 fully saturated rings. The van der Waals surface area contributed by atoms with E-state index >= 15 is 0 Å². The van der Waals surface area contributed by atoms with Crippen LogP contribution in [0.4, 0.5) is 0 Å². The molecular weight excluding hydrogens is 288 g/mol. The van der Waals surface area contributed by atoms with Gasteiger partial charge >= 0.3 is 0 Å². The Morgan fingerprint density at radius 2 is 1.95 bits per heavy atom. The third-order valence-electron chi connectivity index (χ3n) is 8.28. The molecule has 22 heavy (non-hydrogen) atoms. The van der Waals surface area contributed by atoms with Gasteiger partial charge in [-0.05, 0) is 60.6 Å². The van der Waals surface area contributed by atoms with Gasteiger partial charge in [0, 0.05) is 18.4 Å². The number of ketones is 1. The minimum atomic E-state index is -1.63. The molecule has 0 aromatic carbocycles. The van der Waals surface area contributed by atoms with E-state index in [-0.39, 0.29) is 11.0 Å². The fraction of sp³-hybridized carbons (Fsp3) is 0.947. The summed E-state index contributed by atoms with van der Waals surface area (Å²) in [4.78, 5) is 12.5. The van der Waals surface area contributed by atoms with Gasteiger partial charge in [-0.25, -0.2) is 0 Å². The van der Waals surface area contributed by atoms with Crippen LogP contribution in [0.5, 0.6) is 0 Å². The van der Waals surface area contributed by atoms with E-state index in [1.54, 1.807) is 0 Å². The molecule has 0 radical (unpaired) electrons. The Bertz CT molecular complexity index is 492. The van der Waals surface area contributed by atoms with Gasteiger partial charge < -0.3 is 4.43 Å². The van der Waals surface area contributed by atoms with Crippen molar-refractivity contribution in [2.45, 2.75) is 78.4 Å². The van der Waals surface area contributed by atoms with Crippen molar-refractivity contribution in [1.82, 2.24) is 0 Å². The average Bonchev–Trinajstić information content (AvgIpc) is 2.88. The largest absolute Gasteiger partial charge is 0.417 e. The van der Waals surface area contributed by atoms with Crippen molar-refractivity contribution in [2.75, 3.05) is 6.61 Å². The molecule has 3 aliphatic rings. The molecule has 0 saturated heterocycles. The van der Waals surface area contributed by atoms with E-state index in [9.17, 15) is 4.79 Å². The summed E-state index contributed by atoms with van der Waals surface area (Å²) in [6.45, 7) is 17.0. The monoisotopic (exact) mass is 322 g/mol. The Kier molecular flexibility index (Phi) is 3.56. The third kappa shape index (κ3) is 1.90. The number of carbonyl (C=O) groups excluding carboxylic acids is 1. The van der Waals surface area contributed by atoms with Crippen molar-refractivity contribution in [3.8, 4) is 0 Å². The standard InChI is InChI=1S/C19H34O2Si/c1-13-16(20)15-14-9-11-19(13,18(14,15)5)10-8-12-21-22(6,7)17(2,3)4/h13-15H,8-12H2,1-7H3/t13-,14-,15-,18-,19+/m1/s1. The summed E-state index contributed by atoms with van der Waals surface area (Å²) in [6, 6.07) is 0. The van der Waals surface area contributed by atoms with Crippen molar-refractivity contribution >= 4 is 14.1 Å². The zero-order valence-corrected chi connectivity index (χ0v) is 16.6. The first kappa shape index (κ1) is 16.7. The maximum atomic E-state index is 12.5. The van der Waals surface area contributed by atoms with E-state index in [0.717, 1.165) is 18.9 Å². The summed E-state index contributed by atoms with van der Waals surface area (Å²) in [5.74, 6) is 2.00. The topological polar surface area (TPSA) is 26.3 Å². The highest BCUT2D eigenvalue weighted by atomic mass is 28.4. The lowest BCUT2D eigenvalue weighted by Gasteiger charge is -2.39. The second-order valence-corrected chi connectivity index (χ2v) is 14.7. The second-order valence-electron chi connectivity index (χ2n) is 9.90. The van der Waals surface area contributed by atoms with Gasteiger partial charge in [-0.1, -0.05) is 34.6 Å². The van der Waals surface area contributed by atoms with Crippen LogP contribution in [-0.4, -0.2) is 20.7 Å². The molecule has 3 aliphatic carbocycles. The molecule has 0 heterocycles. The highest BCUT2D eigenvalue weighted by Gasteiger charge is 2.82. The molecular formula is C19H34O2Si. The minimum absolute atomic E-state index is 0.286. The van der Waals surface area contributed by atoms with E-state index < -0.39 is 8.32 Å². The second kappa shape index (κ2) is 4.69. The number of hydrogen-bond donors (Lipinski definition) is 0. The van der Waals surface area contributed by atoms with Gasteiger partial charge in [0.05, 0.1) is 0 Å². The zero-order valence-electron chi connectivity index (χ0n) is 15.6. The molecule has 3 rings (SSSR count). The van der Waals surface area contributed by atoms with Gasteiger partial charge in [0.15, 0.2) is 8.32 Å². The fourth-order valence-corrected chi connectivity index (χ4v) is 6.78. The SMILES string of the molecule is C[C@@H]1C(=O)[C@H]2[C@H]3CC[C@]1(CCCO[Si](C)(C)C(C)(C)C)[C@]32C. The molecule has 0 aromatic heterocycles. The van der Waals surface area contributed by atoms with Crippen molar-refractivity contribution in [3.63, 3.8) is 0 Å². The Balaban J connectivity index is 1.60. The van der Waals surface area contributed by atoms with Gasteiger partial charge in [-0.3, -0.25) is 4.79 Å². The first-order chi connectivity index (χ1) is 9.99. The van der Waals surface area contributed by atoms with Crippen molar-refractivity contribution in [2.24, 2.45) is 28.6 Å². The highest BCUT2D eigenvalue weighted by molar-refractivity contribution is 6.74. The maximum absolute atomic E-state index is 12.5. The van der Waals surface area contributed by atoms with Crippen LogP contribution >= 0.6 is 0 Å². The molecule has 0 N–H and O–H groups in total. The molecule has 3 heteroatoms. The molecule has 0 spiro atoms. The van der Waals surface area contributed by atoms with E-state index in [4.69, 9.17) is 4.43 Å². The molecule has 0 aliphatic heterocycles. The van der Waals surface area contributed by atoms with E-state index in [0.29, 0.717) is 22.5 Å². The summed E-state index contributed by atoms with van der Waals surface area (Å²) >= 11 is 0. The third-order valence-corrected chi connectivity index (χ3v) is 12.8. The zero-order chi connectivity index (χ0) is 16.6. The van der Waals surface area contributed by atoms with E-state index in [1.807, 2.05) is 0 Å². The van der Waals surface area contributed by atoms with Gasteiger partial charge in [0.2, 0.25) is 0 Å².